The Bertz CT molecular complexity index is 640. The van der Waals surface area contributed by atoms with E-state index >= 15 is 0 Å². The van der Waals surface area contributed by atoms with E-state index in [1.54, 1.807) is 0 Å². The van der Waals surface area contributed by atoms with Gasteiger partial charge in [-0.05, 0) is 42.5 Å². The maximum absolute atomic E-state index is 12.3. The van der Waals surface area contributed by atoms with E-state index in [-0.39, 0.29) is 5.91 Å². The topological polar surface area (TPSA) is 75.6 Å². The second-order valence-corrected chi connectivity index (χ2v) is 6.51. The molecular weight excluding hydrogens is 292 g/mol. The van der Waals surface area contributed by atoms with Gasteiger partial charge in [-0.2, -0.15) is 0 Å². The van der Waals surface area contributed by atoms with Crippen LogP contribution < -0.4 is 10.6 Å². The van der Waals surface area contributed by atoms with Crippen LogP contribution in [0.1, 0.15) is 42.7 Å². The molecule has 0 fully saturated rings. The van der Waals surface area contributed by atoms with Crippen LogP contribution in [0, 0.1) is 12.8 Å². The molecule has 1 atom stereocenters. The maximum atomic E-state index is 12.3. The lowest BCUT2D eigenvalue weighted by Gasteiger charge is -2.22. The van der Waals surface area contributed by atoms with Gasteiger partial charge in [0.1, 0.15) is 0 Å². The summed E-state index contributed by atoms with van der Waals surface area (Å²) in [7, 11) is 0. The number of amides is 1. The second kappa shape index (κ2) is 6.66. The van der Waals surface area contributed by atoms with Gasteiger partial charge in [0.25, 0.3) is 5.91 Å². The van der Waals surface area contributed by atoms with E-state index < -0.39 is 6.10 Å². The molecule has 6 heteroatoms. The second-order valence-electron chi connectivity index (χ2n) is 6.51. The highest BCUT2D eigenvalue weighted by Gasteiger charge is 2.29. The molecule has 0 saturated heterocycles. The van der Waals surface area contributed by atoms with Crippen LogP contribution in [0.2, 0.25) is 0 Å². The number of aromatic nitrogens is 1. The molecule has 6 nitrogen and oxygen atoms in total. The van der Waals surface area contributed by atoms with Crippen molar-refractivity contribution in [2.75, 3.05) is 6.54 Å². The summed E-state index contributed by atoms with van der Waals surface area (Å²) in [6.45, 7) is 8.42. The predicted molar refractivity (Wildman–Crippen MR) is 88.0 cm³/mol. The highest BCUT2D eigenvalue weighted by Crippen LogP contribution is 2.21. The maximum Gasteiger partial charge on any atom is 0.264 e. The number of carbonyl (C=O) groups is 1. The molecule has 2 aliphatic heterocycles. The van der Waals surface area contributed by atoms with Gasteiger partial charge in [-0.25, -0.2) is 0 Å². The van der Waals surface area contributed by atoms with Crippen LogP contribution in [0.3, 0.4) is 0 Å². The van der Waals surface area contributed by atoms with E-state index in [1.807, 2.05) is 13.1 Å². The average molecular weight is 316 g/mol. The molecular formula is C17H24N4O2. The fraction of sp³-hybridized carbons (Fsp3) is 0.588. The minimum absolute atomic E-state index is 0.102. The molecule has 0 aromatic carbocycles. The van der Waals surface area contributed by atoms with E-state index in [0.717, 1.165) is 36.5 Å². The molecule has 0 radical (unpaired) electrons. The summed E-state index contributed by atoms with van der Waals surface area (Å²) >= 11 is 0. The SMILES string of the molecule is Cc1ncc2c(c1CNC(=O)C1CC(C(C)C)=NO1)CCNC2. The molecule has 0 aliphatic carbocycles. The highest BCUT2D eigenvalue weighted by atomic mass is 16.6. The Balaban J connectivity index is 1.64. The number of pyridine rings is 1. The van der Waals surface area contributed by atoms with Crippen LogP contribution in [-0.2, 0) is 29.1 Å². The lowest BCUT2D eigenvalue weighted by atomic mass is 9.96. The van der Waals surface area contributed by atoms with E-state index in [4.69, 9.17) is 4.84 Å². The lowest BCUT2D eigenvalue weighted by Crippen LogP contribution is -2.35. The van der Waals surface area contributed by atoms with Crippen LogP contribution in [0.4, 0.5) is 0 Å². The third-order valence-corrected chi connectivity index (χ3v) is 4.56. The first-order valence-corrected chi connectivity index (χ1v) is 8.23. The minimum atomic E-state index is -0.498. The van der Waals surface area contributed by atoms with Crippen LogP contribution in [0.25, 0.3) is 0 Å². The first-order chi connectivity index (χ1) is 11.1. The minimum Gasteiger partial charge on any atom is -0.382 e. The Morgan fingerprint density at radius 2 is 2.35 bits per heavy atom. The van der Waals surface area contributed by atoms with Crippen LogP contribution >= 0.6 is 0 Å². The van der Waals surface area contributed by atoms with Crippen molar-refractivity contribution in [3.8, 4) is 0 Å². The van der Waals surface area contributed by atoms with E-state index in [0.29, 0.717) is 18.9 Å². The Kier molecular flexibility index (Phi) is 4.61. The monoisotopic (exact) mass is 316 g/mol. The summed E-state index contributed by atoms with van der Waals surface area (Å²) < 4.78 is 0. The zero-order chi connectivity index (χ0) is 16.4. The lowest BCUT2D eigenvalue weighted by molar-refractivity contribution is -0.131. The van der Waals surface area contributed by atoms with Crippen molar-refractivity contribution >= 4 is 11.6 Å². The molecule has 0 spiro atoms. The first-order valence-electron chi connectivity index (χ1n) is 8.23. The third-order valence-electron chi connectivity index (χ3n) is 4.56. The smallest absolute Gasteiger partial charge is 0.264 e. The normalized spacial score (nSPS) is 20.0. The van der Waals surface area contributed by atoms with Gasteiger partial charge in [0.15, 0.2) is 0 Å². The number of hydrogen-bond acceptors (Lipinski definition) is 5. The zero-order valence-electron chi connectivity index (χ0n) is 14.0. The predicted octanol–water partition coefficient (Wildman–Crippen LogP) is 1.45. The molecule has 2 aliphatic rings. The van der Waals surface area contributed by atoms with Gasteiger partial charge in [-0.15, -0.1) is 0 Å². The van der Waals surface area contributed by atoms with Crippen LogP contribution in [-0.4, -0.2) is 29.3 Å². The number of oxime groups is 1. The van der Waals surface area contributed by atoms with Crippen molar-refractivity contribution in [2.45, 2.75) is 52.8 Å². The standard InChI is InChI=1S/C17H24N4O2/c1-10(2)15-6-16(23-21-15)17(22)20-9-14-11(3)19-8-12-7-18-5-4-13(12)14/h8,10,16,18H,4-7,9H2,1-3H3,(H,20,22). The Morgan fingerprint density at radius 1 is 1.52 bits per heavy atom. The summed E-state index contributed by atoms with van der Waals surface area (Å²) in [6.07, 6.45) is 2.99. The van der Waals surface area contributed by atoms with Gasteiger partial charge < -0.3 is 15.5 Å². The third kappa shape index (κ3) is 3.37. The number of rotatable bonds is 4. The average Bonchev–Trinajstić information content (AvgIpc) is 3.04. The molecule has 124 valence electrons. The Labute approximate surface area is 136 Å². The number of carbonyl (C=O) groups excluding carboxylic acids is 1. The van der Waals surface area contributed by atoms with Gasteiger partial charge in [-0.1, -0.05) is 19.0 Å². The van der Waals surface area contributed by atoms with Gasteiger partial charge in [0.2, 0.25) is 6.10 Å². The summed E-state index contributed by atoms with van der Waals surface area (Å²) in [5.74, 6) is 0.211. The largest absolute Gasteiger partial charge is 0.382 e. The number of nitrogens with one attached hydrogen (secondary N) is 2. The molecule has 23 heavy (non-hydrogen) atoms. The van der Waals surface area contributed by atoms with E-state index in [2.05, 4.69) is 34.6 Å². The molecule has 1 aromatic rings. The summed E-state index contributed by atoms with van der Waals surface area (Å²) in [5.41, 5.74) is 5.63. The number of aryl methyl sites for hydroxylation is 1. The van der Waals surface area contributed by atoms with Crippen molar-refractivity contribution < 1.29 is 9.63 Å². The van der Waals surface area contributed by atoms with Crippen molar-refractivity contribution in [1.82, 2.24) is 15.6 Å². The van der Waals surface area contributed by atoms with E-state index in [9.17, 15) is 4.79 Å². The molecule has 0 saturated carbocycles. The van der Waals surface area contributed by atoms with Gasteiger partial charge >= 0.3 is 0 Å². The number of hydrogen-bond donors (Lipinski definition) is 2. The molecule has 0 bridgehead atoms. The molecule has 1 unspecified atom stereocenters. The van der Waals surface area contributed by atoms with Crippen molar-refractivity contribution in [3.05, 3.63) is 28.6 Å². The van der Waals surface area contributed by atoms with Crippen LogP contribution in [0.5, 0.6) is 0 Å². The van der Waals surface area contributed by atoms with Crippen molar-refractivity contribution in [3.63, 3.8) is 0 Å². The summed E-state index contributed by atoms with van der Waals surface area (Å²) in [5, 5.41) is 10.4. The Morgan fingerprint density at radius 3 is 3.09 bits per heavy atom. The van der Waals surface area contributed by atoms with E-state index in [1.165, 1.54) is 11.1 Å². The number of fused-ring (bicyclic) bond motifs is 1. The van der Waals surface area contributed by atoms with Crippen LogP contribution in [0.15, 0.2) is 11.4 Å². The quantitative estimate of drug-likeness (QED) is 0.881. The van der Waals surface area contributed by atoms with Crippen molar-refractivity contribution in [2.24, 2.45) is 11.1 Å². The molecule has 2 N–H and O–H groups in total. The fourth-order valence-corrected chi connectivity index (χ4v) is 3.04. The first kappa shape index (κ1) is 15.9. The Hall–Kier alpha value is -1.95. The molecule has 3 rings (SSSR count). The molecule has 3 heterocycles. The summed E-state index contributed by atoms with van der Waals surface area (Å²) in [4.78, 5) is 22.1. The van der Waals surface area contributed by atoms with Crippen molar-refractivity contribution in [1.29, 1.82) is 0 Å². The van der Waals surface area contributed by atoms with Gasteiger partial charge in [0, 0.05) is 31.4 Å². The zero-order valence-corrected chi connectivity index (χ0v) is 14.0. The highest BCUT2D eigenvalue weighted by molar-refractivity contribution is 5.93. The molecule has 1 amide bonds. The van der Waals surface area contributed by atoms with Gasteiger partial charge in [0.05, 0.1) is 5.71 Å². The van der Waals surface area contributed by atoms with Gasteiger partial charge in [-0.3, -0.25) is 9.78 Å². The summed E-state index contributed by atoms with van der Waals surface area (Å²) in [6, 6.07) is 0. The molecule has 1 aromatic heterocycles. The fourth-order valence-electron chi connectivity index (χ4n) is 3.04. The number of nitrogens with zero attached hydrogens (tertiary/aromatic N) is 2.